The Hall–Kier alpha value is -1.02. The van der Waals surface area contributed by atoms with Gasteiger partial charge in [0.2, 0.25) is 0 Å². The van der Waals surface area contributed by atoms with Crippen LogP contribution < -0.4 is 0 Å². The molecule has 124 valence electrons. The maximum absolute atomic E-state index is 11.6. The Morgan fingerprint density at radius 3 is 2.27 bits per heavy atom. The fourth-order valence-electron chi connectivity index (χ4n) is 2.29. The number of benzene rings is 1. The average Bonchev–Trinajstić information content (AvgIpc) is 2.52. The van der Waals surface area contributed by atoms with Crippen molar-refractivity contribution in [3.8, 4) is 0 Å². The fourth-order valence-corrected chi connectivity index (χ4v) is 3.35. The maximum atomic E-state index is 11.6. The zero-order chi connectivity index (χ0) is 16.9. The highest BCUT2D eigenvalue weighted by Gasteiger charge is 2.26. The summed E-state index contributed by atoms with van der Waals surface area (Å²) < 4.78 is 20.1. The van der Waals surface area contributed by atoms with E-state index in [0.717, 1.165) is 11.1 Å². The van der Waals surface area contributed by atoms with Gasteiger partial charge in [-0.3, -0.25) is 4.79 Å². The van der Waals surface area contributed by atoms with E-state index in [-0.39, 0.29) is 29.5 Å². The Morgan fingerprint density at radius 2 is 1.82 bits per heavy atom. The molecule has 0 radical (unpaired) electrons. The van der Waals surface area contributed by atoms with E-state index >= 15 is 0 Å². The molecule has 0 heterocycles. The van der Waals surface area contributed by atoms with Gasteiger partial charge in [0.15, 0.2) is 8.77 Å². The Morgan fingerprint density at radius 1 is 1.27 bits per heavy atom. The first kappa shape index (κ1) is 19.0. The number of hydrogen-bond acceptors (Lipinski definition) is 6. The van der Waals surface area contributed by atoms with E-state index in [4.69, 9.17) is 9.99 Å². The normalized spacial score (nSPS) is 18.0. The largest absolute Gasteiger partial charge is 0.469 e. The third kappa shape index (κ3) is 5.01. The maximum Gasteiger partial charge on any atom is 0.308 e. The Labute approximate surface area is 136 Å². The van der Waals surface area contributed by atoms with Crippen molar-refractivity contribution in [2.45, 2.75) is 32.4 Å². The molecule has 0 amide bonds. The van der Waals surface area contributed by atoms with Gasteiger partial charge in [0.05, 0.1) is 18.8 Å². The molecule has 0 aliphatic heterocycles. The standard InChI is InChI=1S/C15H22O5S2/c1-10(12(3)15(16)19-4)11(2)14-7-5-13(6-8-14)9-22(18,21)20-17/h5-8,10-12,17H,9H2,1-4H3. The van der Waals surface area contributed by atoms with Crippen molar-refractivity contribution < 1.29 is 23.3 Å². The summed E-state index contributed by atoms with van der Waals surface area (Å²) in [5, 5.41) is 8.48. The summed E-state index contributed by atoms with van der Waals surface area (Å²) in [4.78, 5) is 11.6. The monoisotopic (exact) mass is 346 g/mol. The molecule has 4 unspecified atom stereocenters. The number of carbonyl (C=O) groups excluding carboxylic acids is 1. The van der Waals surface area contributed by atoms with E-state index in [1.54, 1.807) is 12.1 Å². The Balaban J connectivity index is 2.84. The summed E-state index contributed by atoms with van der Waals surface area (Å²) in [6.07, 6.45) is 0. The molecule has 0 aromatic heterocycles. The second-order valence-corrected chi connectivity index (χ2v) is 8.55. The quantitative estimate of drug-likeness (QED) is 0.465. The molecule has 4 atom stereocenters. The van der Waals surface area contributed by atoms with Gasteiger partial charge in [0.25, 0.3) is 0 Å². The van der Waals surface area contributed by atoms with E-state index < -0.39 is 8.77 Å². The van der Waals surface area contributed by atoms with E-state index in [9.17, 15) is 9.00 Å². The predicted octanol–water partition coefficient (Wildman–Crippen LogP) is 2.89. The second kappa shape index (κ2) is 8.01. The molecule has 0 fully saturated rings. The number of methoxy groups -OCH3 is 1. The second-order valence-electron chi connectivity index (χ2n) is 5.48. The SMILES string of the molecule is COC(=O)C(C)C(C)C(C)c1ccc(CS(=O)(=S)OO)cc1. The predicted molar refractivity (Wildman–Crippen MR) is 88.1 cm³/mol. The molecule has 0 saturated heterocycles. The lowest BCUT2D eigenvalue weighted by molar-refractivity contribution is -0.146. The van der Waals surface area contributed by atoms with Crippen LogP contribution in [0.5, 0.6) is 0 Å². The molecular weight excluding hydrogens is 324 g/mol. The van der Waals surface area contributed by atoms with Crippen molar-refractivity contribution in [2.75, 3.05) is 7.11 Å². The van der Waals surface area contributed by atoms with Crippen molar-refractivity contribution in [1.82, 2.24) is 0 Å². The van der Waals surface area contributed by atoms with Crippen LogP contribution in [0.15, 0.2) is 24.3 Å². The third-order valence-corrected chi connectivity index (χ3v) is 5.56. The van der Waals surface area contributed by atoms with Crippen LogP contribution >= 0.6 is 0 Å². The van der Waals surface area contributed by atoms with Crippen LogP contribution in [-0.2, 0) is 39.6 Å². The van der Waals surface area contributed by atoms with Crippen LogP contribution in [0, 0.1) is 11.8 Å². The Bertz CT molecular complexity index is 595. The van der Waals surface area contributed by atoms with Crippen LogP contribution in [-0.4, -0.2) is 22.5 Å². The lowest BCUT2D eigenvalue weighted by Gasteiger charge is -2.25. The van der Waals surface area contributed by atoms with E-state index in [1.165, 1.54) is 7.11 Å². The summed E-state index contributed by atoms with van der Waals surface area (Å²) in [5.41, 5.74) is 1.78. The molecule has 1 rings (SSSR count). The van der Waals surface area contributed by atoms with Gasteiger partial charge >= 0.3 is 5.97 Å². The Kier molecular flexibility index (Phi) is 6.93. The minimum Gasteiger partial charge on any atom is -0.469 e. The van der Waals surface area contributed by atoms with Crippen molar-refractivity contribution in [1.29, 1.82) is 0 Å². The number of hydrogen-bond donors (Lipinski definition) is 1. The summed E-state index contributed by atoms with van der Waals surface area (Å²) in [5.74, 6) is -0.176. The topological polar surface area (TPSA) is 72.8 Å². The molecule has 5 nitrogen and oxygen atoms in total. The third-order valence-electron chi connectivity index (χ3n) is 4.11. The molecule has 22 heavy (non-hydrogen) atoms. The van der Waals surface area contributed by atoms with Crippen LogP contribution in [0.2, 0.25) is 0 Å². The van der Waals surface area contributed by atoms with Crippen molar-refractivity contribution >= 4 is 25.9 Å². The van der Waals surface area contributed by atoms with Gasteiger partial charge in [-0.15, -0.1) is 4.33 Å². The number of carbonyl (C=O) groups is 1. The molecule has 7 heteroatoms. The molecule has 0 aliphatic carbocycles. The molecule has 0 bridgehead atoms. The molecule has 1 aromatic carbocycles. The van der Waals surface area contributed by atoms with Gasteiger partial charge in [-0.05, 0) is 23.0 Å². The van der Waals surface area contributed by atoms with Gasteiger partial charge in [0.1, 0.15) is 0 Å². The highest BCUT2D eigenvalue weighted by Crippen LogP contribution is 2.30. The van der Waals surface area contributed by atoms with Crippen molar-refractivity contribution in [3.05, 3.63) is 35.4 Å². The van der Waals surface area contributed by atoms with Gasteiger partial charge in [0, 0.05) is 11.2 Å². The molecule has 1 N–H and O–H groups in total. The number of ether oxygens (including phenoxy) is 1. The summed E-state index contributed by atoms with van der Waals surface area (Å²) in [7, 11) is -1.73. The lowest BCUT2D eigenvalue weighted by Crippen LogP contribution is -2.24. The first-order valence-electron chi connectivity index (χ1n) is 6.94. The van der Waals surface area contributed by atoms with E-state index in [1.807, 2.05) is 32.9 Å². The minimum atomic E-state index is -3.12. The van der Waals surface area contributed by atoms with Crippen LogP contribution in [0.3, 0.4) is 0 Å². The van der Waals surface area contributed by atoms with Crippen LogP contribution in [0.25, 0.3) is 0 Å². The minimum absolute atomic E-state index is 0.0262. The number of rotatable bonds is 7. The van der Waals surface area contributed by atoms with Crippen LogP contribution in [0.4, 0.5) is 0 Å². The fraction of sp³-hybridized carbons (Fsp3) is 0.533. The molecular formula is C15H22O5S2. The highest BCUT2D eigenvalue weighted by molar-refractivity contribution is 8.29. The lowest BCUT2D eigenvalue weighted by atomic mass is 9.81. The summed E-state index contributed by atoms with van der Waals surface area (Å²) in [6, 6.07) is 7.41. The van der Waals surface area contributed by atoms with Gasteiger partial charge in [-0.1, -0.05) is 45.0 Å². The summed E-state index contributed by atoms with van der Waals surface area (Å²) in [6.45, 7) is 5.91. The highest BCUT2D eigenvalue weighted by atomic mass is 32.8. The smallest absolute Gasteiger partial charge is 0.308 e. The molecule has 0 aliphatic rings. The first-order chi connectivity index (χ1) is 10.2. The van der Waals surface area contributed by atoms with Gasteiger partial charge < -0.3 is 4.74 Å². The molecule has 0 saturated carbocycles. The zero-order valence-electron chi connectivity index (χ0n) is 13.1. The van der Waals surface area contributed by atoms with E-state index in [0.29, 0.717) is 0 Å². The zero-order valence-corrected chi connectivity index (χ0v) is 14.8. The molecule has 0 spiro atoms. The van der Waals surface area contributed by atoms with Crippen molar-refractivity contribution in [3.63, 3.8) is 0 Å². The van der Waals surface area contributed by atoms with Gasteiger partial charge in [-0.25, -0.2) is 9.47 Å². The molecule has 1 aromatic rings. The number of esters is 1. The van der Waals surface area contributed by atoms with E-state index in [2.05, 4.69) is 15.5 Å². The van der Waals surface area contributed by atoms with Crippen LogP contribution in [0.1, 0.15) is 37.8 Å². The first-order valence-corrected chi connectivity index (χ1v) is 9.52. The average molecular weight is 346 g/mol. The summed E-state index contributed by atoms with van der Waals surface area (Å²) >= 11 is 4.63. The van der Waals surface area contributed by atoms with Crippen molar-refractivity contribution in [2.24, 2.45) is 11.8 Å². The van der Waals surface area contributed by atoms with Gasteiger partial charge in [-0.2, -0.15) is 0 Å².